The van der Waals surface area contributed by atoms with E-state index in [2.05, 4.69) is 11.1 Å². The molecular formula is C15H16N2O2S. The summed E-state index contributed by atoms with van der Waals surface area (Å²) in [6.45, 7) is 2.52. The van der Waals surface area contributed by atoms with Crippen molar-refractivity contribution in [2.45, 2.75) is 25.8 Å². The van der Waals surface area contributed by atoms with E-state index in [9.17, 15) is 9.59 Å². The number of hydrogen-bond acceptors (Lipinski definition) is 3. The van der Waals surface area contributed by atoms with E-state index >= 15 is 0 Å². The normalized spacial score (nSPS) is 18.4. The number of aromatic nitrogens is 1. The lowest BCUT2D eigenvalue weighted by Crippen LogP contribution is -2.34. The Kier molecular flexibility index (Phi) is 3.44. The van der Waals surface area contributed by atoms with Crippen molar-refractivity contribution in [2.75, 3.05) is 6.54 Å². The molecule has 2 aromatic rings. The summed E-state index contributed by atoms with van der Waals surface area (Å²) >= 11 is 1.66. The van der Waals surface area contributed by atoms with Crippen LogP contribution in [0.1, 0.15) is 39.8 Å². The molecule has 0 saturated carbocycles. The van der Waals surface area contributed by atoms with Gasteiger partial charge < -0.3 is 9.88 Å². The molecule has 0 unspecified atom stereocenters. The van der Waals surface area contributed by atoms with Crippen molar-refractivity contribution in [1.29, 1.82) is 0 Å². The minimum absolute atomic E-state index is 0.114. The number of aryl methyl sites for hydroxylation is 1. The number of aromatic amines is 1. The van der Waals surface area contributed by atoms with Crippen molar-refractivity contribution in [3.05, 3.63) is 56.1 Å². The minimum Gasteiger partial charge on any atom is -0.331 e. The van der Waals surface area contributed by atoms with Gasteiger partial charge >= 0.3 is 0 Å². The summed E-state index contributed by atoms with van der Waals surface area (Å²) in [5, 5.41) is 2.02. The van der Waals surface area contributed by atoms with Crippen LogP contribution < -0.4 is 5.56 Å². The summed E-state index contributed by atoms with van der Waals surface area (Å²) in [6, 6.07) is 7.56. The molecule has 1 aliphatic rings. The van der Waals surface area contributed by atoms with Gasteiger partial charge in [0.15, 0.2) is 0 Å². The molecule has 1 amide bonds. The summed E-state index contributed by atoms with van der Waals surface area (Å²) in [5.74, 6) is -0.165. The maximum atomic E-state index is 12.6. The van der Waals surface area contributed by atoms with E-state index in [0.717, 1.165) is 18.5 Å². The first kappa shape index (κ1) is 13.1. The average molecular weight is 288 g/mol. The molecule has 104 valence electrons. The van der Waals surface area contributed by atoms with Gasteiger partial charge in [-0.25, -0.2) is 0 Å². The van der Waals surface area contributed by atoms with Crippen LogP contribution in [0.3, 0.4) is 0 Å². The number of carbonyl (C=O) groups excluding carboxylic acids is 1. The van der Waals surface area contributed by atoms with Gasteiger partial charge in [0.05, 0.1) is 6.04 Å². The number of H-pyrrole nitrogens is 1. The Balaban J connectivity index is 1.91. The quantitative estimate of drug-likeness (QED) is 0.923. The smallest absolute Gasteiger partial charge is 0.260 e. The van der Waals surface area contributed by atoms with Gasteiger partial charge in [0.1, 0.15) is 5.56 Å². The van der Waals surface area contributed by atoms with Gasteiger partial charge in [-0.15, -0.1) is 11.3 Å². The van der Waals surface area contributed by atoms with Crippen LogP contribution in [-0.2, 0) is 0 Å². The molecule has 4 nitrogen and oxygen atoms in total. The molecule has 5 heteroatoms. The van der Waals surface area contributed by atoms with Crippen LogP contribution in [0.25, 0.3) is 0 Å². The van der Waals surface area contributed by atoms with E-state index in [0.29, 0.717) is 6.54 Å². The molecule has 1 aliphatic heterocycles. The van der Waals surface area contributed by atoms with E-state index in [4.69, 9.17) is 0 Å². The lowest BCUT2D eigenvalue weighted by Gasteiger charge is -2.23. The van der Waals surface area contributed by atoms with Crippen LogP contribution in [0, 0.1) is 6.92 Å². The predicted molar refractivity (Wildman–Crippen MR) is 79.1 cm³/mol. The zero-order chi connectivity index (χ0) is 14.1. The fraction of sp³-hybridized carbons (Fsp3) is 0.333. The van der Waals surface area contributed by atoms with Gasteiger partial charge in [-0.2, -0.15) is 0 Å². The van der Waals surface area contributed by atoms with Crippen molar-refractivity contribution < 1.29 is 4.79 Å². The molecule has 1 atom stereocenters. The van der Waals surface area contributed by atoms with Gasteiger partial charge in [0.25, 0.3) is 11.5 Å². The number of nitrogens with zero attached hydrogens (tertiary/aromatic N) is 1. The van der Waals surface area contributed by atoms with E-state index in [1.165, 1.54) is 4.88 Å². The highest BCUT2D eigenvalue weighted by Crippen LogP contribution is 2.35. The lowest BCUT2D eigenvalue weighted by molar-refractivity contribution is 0.0736. The molecule has 1 N–H and O–H groups in total. The van der Waals surface area contributed by atoms with Gasteiger partial charge in [-0.05, 0) is 43.3 Å². The molecule has 0 bridgehead atoms. The Labute approximate surface area is 121 Å². The largest absolute Gasteiger partial charge is 0.331 e. The van der Waals surface area contributed by atoms with E-state index in [-0.39, 0.29) is 23.1 Å². The van der Waals surface area contributed by atoms with E-state index in [1.807, 2.05) is 16.3 Å². The third-order valence-electron chi connectivity index (χ3n) is 3.67. The van der Waals surface area contributed by atoms with Gasteiger partial charge in [0, 0.05) is 17.1 Å². The molecule has 0 aromatic carbocycles. The fourth-order valence-electron chi connectivity index (χ4n) is 2.68. The van der Waals surface area contributed by atoms with Gasteiger partial charge in [0.2, 0.25) is 0 Å². The average Bonchev–Trinajstić information content (AvgIpc) is 3.09. The highest BCUT2D eigenvalue weighted by Gasteiger charge is 2.32. The summed E-state index contributed by atoms with van der Waals surface area (Å²) in [6.07, 6.45) is 1.95. The third-order valence-corrected chi connectivity index (χ3v) is 4.64. The summed E-state index contributed by atoms with van der Waals surface area (Å²) in [5.41, 5.74) is 0.702. The first-order valence-corrected chi connectivity index (χ1v) is 7.59. The van der Waals surface area contributed by atoms with Crippen molar-refractivity contribution in [3.63, 3.8) is 0 Å². The van der Waals surface area contributed by atoms with Crippen molar-refractivity contribution >= 4 is 17.2 Å². The van der Waals surface area contributed by atoms with E-state index < -0.39 is 0 Å². The molecule has 0 aliphatic carbocycles. The monoisotopic (exact) mass is 288 g/mol. The first-order valence-electron chi connectivity index (χ1n) is 6.71. The maximum absolute atomic E-state index is 12.6. The second-order valence-electron chi connectivity index (χ2n) is 5.06. The van der Waals surface area contributed by atoms with Crippen molar-refractivity contribution in [2.24, 2.45) is 0 Å². The zero-order valence-corrected chi connectivity index (χ0v) is 12.1. The summed E-state index contributed by atoms with van der Waals surface area (Å²) < 4.78 is 0. The molecule has 2 aromatic heterocycles. The second-order valence-corrected chi connectivity index (χ2v) is 6.04. The molecule has 3 heterocycles. The van der Waals surface area contributed by atoms with Crippen LogP contribution in [-0.4, -0.2) is 22.3 Å². The maximum Gasteiger partial charge on any atom is 0.260 e. The number of likely N-dealkylation sites (tertiary alicyclic amines) is 1. The standard InChI is InChI=1S/C15H16N2O2S/c1-10-6-7-11(14(18)16-10)15(19)17-8-2-4-12(17)13-5-3-9-20-13/h3,5-7,9,12H,2,4,8H2,1H3,(H,16,18)/t12-/m0/s1. The van der Waals surface area contributed by atoms with Crippen LogP contribution in [0.5, 0.6) is 0 Å². The van der Waals surface area contributed by atoms with Crippen molar-refractivity contribution in [3.8, 4) is 0 Å². The number of hydrogen-bond donors (Lipinski definition) is 1. The number of amides is 1. The number of nitrogens with one attached hydrogen (secondary N) is 1. The number of pyridine rings is 1. The Bertz CT molecular complexity index is 675. The zero-order valence-electron chi connectivity index (χ0n) is 11.3. The van der Waals surface area contributed by atoms with Crippen LogP contribution in [0.15, 0.2) is 34.4 Å². The highest BCUT2D eigenvalue weighted by atomic mass is 32.1. The van der Waals surface area contributed by atoms with Crippen LogP contribution in [0.4, 0.5) is 0 Å². The fourth-order valence-corrected chi connectivity index (χ4v) is 3.56. The Morgan fingerprint density at radius 3 is 2.95 bits per heavy atom. The highest BCUT2D eigenvalue weighted by molar-refractivity contribution is 7.10. The van der Waals surface area contributed by atoms with Gasteiger partial charge in [-0.3, -0.25) is 9.59 Å². The van der Waals surface area contributed by atoms with Crippen LogP contribution in [0.2, 0.25) is 0 Å². The number of rotatable bonds is 2. The summed E-state index contributed by atoms with van der Waals surface area (Å²) in [4.78, 5) is 30.2. The molecule has 1 fully saturated rings. The predicted octanol–water partition coefficient (Wildman–Crippen LogP) is 2.72. The molecular weight excluding hydrogens is 272 g/mol. The topological polar surface area (TPSA) is 53.2 Å². The first-order chi connectivity index (χ1) is 9.66. The van der Waals surface area contributed by atoms with Crippen molar-refractivity contribution in [1.82, 2.24) is 9.88 Å². The number of thiophene rings is 1. The lowest BCUT2D eigenvalue weighted by atomic mass is 10.1. The van der Waals surface area contributed by atoms with Crippen LogP contribution >= 0.6 is 11.3 Å². The third kappa shape index (κ3) is 2.29. The SMILES string of the molecule is Cc1ccc(C(=O)N2CCC[C@H]2c2cccs2)c(=O)[nH]1. The van der Waals surface area contributed by atoms with E-state index in [1.54, 1.807) is 30.4 Å². The Morgan fingerprint density at radius 2 is 2.25 bits per heavy atom. The molecule has 0 spiro atoms. The second kappa shape index (κ2) is 5.25. The molecule has 3 rings (SSSR count). The summed E-state index contributed by atoms with van der Waals surface area (Å²) in [7, 11) is 0. The minimum atomic E-state index is -0.299. The Morgan fingerprint density at radius 1 is 1.40 bits per heavy atom. The van der Waals surface area contributed by atoms with Gasteiger partial charge in [-0.1, -0.05) is 6.07 Å². The molecule has 0 radical (unpaired) electrons. The Hall–Kier alpha value is -1.88. The molecule has 20 heavy (non-hydrogen) atoms. The number of carbonyl (C=O) groups is 1. The molecule has 1 saturated heterocycles.